The maximum atomic E-state index is 13.1. The smallest absolute Gasteiger partial charge is 0.302 e. The van der Waals surface area contributed by atoms with Crippen LogP contribution >= 0.6 is 11.6 Å². The van der Waals surface area contributed by atoms with Gasteiger partial charge < -0.3 is 4.42 Å². The van der Waals surface area contributed by atoms with Crippen molar-refractivity contribution in [3.8, 4) is 0 Å². The molecule has 0 unspecified atom stereocenters. The van der Waals surface area contributed by atoms with Crippen LogP contribution in [0.1, 0.15) is 37.7 Å². The number of rotatable bonds is 6. The molecule has 0 spiro atoms. The Balaban J connectivity index is 1.63. The van der Waals surface area contributed by atoms with Crippen LogP contribution in [0, 0.1) is 5.92 Å². The number of nitrogens with one attached hydrogen (secondary N) is 1. The van der Waals surface area contributed by atoms with E-state index >= 15 is 0 Å². The Morgan fingerprint density at radius 2 is 1.97 bits per heavy atom. The number of hydrogen-bond acceptors (Lipinski definition) is 5. The lowest BCUT2D eigenvalue weighted by molar-refractivity contribution is -0.113. The van der Waals surface area contributed by atoms with Gasteiger partial charge in [-0.15, -0.1) is 0 Å². The average Bonchev–Trinajstić information content (AvgIpc) is 3.35. The zero-order valence-electron chi connectivity index (χ0n) is 17.1. The molecule has 2 aromatic carbocycles. The van der Waals surface area contributed by atoms with Gasteiger partial charge in [0.1, 0.15) is 5.52 Å². The van der Waals surface area contributed by atoms with Crippen LogP contribution in [0.25, 0.3) is 17.2 Å². The minimum atomic E-state index is -3.42. The number of oxazole rings is 1. The van der Waals surface area contributed by atoms with E-state index in [0.717, 1.165) is 19.1 Å². The molecule has 0 aliphatic heterocycles. The number of amides is 1. The summed E-state index contributed by atoms with van der Waals surface area (Å²) in [4.78, 5) is 17.5. The first-order chi connectivity index (χ1) is 14.8. The van der Waals surface area contributed by atoms with Gasteiger partial charge in [0.2, 0.25) is 0 Å². The molecule has 1 amide bonds. The standard InChI is InChI=1S/C23H23ClN2O4S/c1-31(28,29)21-11-10-16(14-18(21)24)13-17(12-15-6-2-3-7-15)22(27)26-23-25-19-8-4-5-9-20(19)30-23/h4-5,8-11,13-15H,2-3,6-7,12H2,1H3,(H,25,26,27). The fourth-order valence-corrected chi connectivity index (χ4v) is 5.29. The van der Waals surface area contributed by atoms with Gasteiger partial charge in [0, 0.05) is 11.8 Å². The van der Waals surface area contributed by atoms with Crippen LogP contribution in [0.3, 0.4) is 0 Å². The van der Waals surface area contributed by atoms with Crippen LogP contribution in [0.15, 0.2) is 57.4 Å². The largest absolute Gasteiger partial charge is 0.423 e. The molecular weight excluding hydrogens is 436 g/mol. The fourth-order valence-electron chi connectivity index (χ4n) is 3.95. The van der Waals surface area contributed by atoms with E-state index in [1.807, 2.05) is 18.2 Å². The van der Waals surface area contributed by atoms with Crippen molar-refractivity contribution < 1.29 is 17.6 Å². The van der Waals surface area contributed by atoms with Gasteiger partial charge >= 0.3 is 6.01 Å². The summed E-state index contributed by atoms with van der Waals surface area (Å²) in [6.07, 6.45) is 8.00. The van der Waals surface area contributed by atoms with E-state index in [-0.39, 0.29) is 21.8 Å². The highest BCUT2D eigenvalue weighted by Gasteiger charge is 2.22. The Labute approximate surface area is 186 Å². The predicted molar refractivity (Wildman–Crippen MR) is 122 cm³/mol. The molecule has 8 heteroatoms. The van der Waals surface area contributed by atoms with Gasteiger partial charge in [-0.2, -0.15) is 4.98 Å². The van der Waals surface area contributed by atoms with Crippen molar-refractivity contribution in [3.05, 3.63) is 58.6 Å². The van der Waals surface area contributed by atoms with Gasteiger partial charge in [0.25, 0.3) is 5.91 Å². The van der Waals surface area contributed by atoms with E-state index in [1.165, 1.54) is 18.9 Å². The molecule has 1 aromatic heterocycles. The summed E-state index contributed by atoms with van der Waals surface area (Å²) in [5.74, 6) is 0.146. The first-order valence-electron chi connectivity index (χ1n) is 10.2. The van der Waals surface area contributed by atoms with Gasteiger partial charge in [-0.3, -0.25) is 10.1 Å². The molecule has 0 radical (unpaired) electrons. The second-order valence-electron chi connectivity index (χ2n) is 7.93. The van der Waals surface area contributed by atoms with E-state index in [1.54, 1.807) is 24.3 Å². The van der Waals surface area contributed by atoms with Crippen LogP contribution in [-0.2, 0) is 14.6 Å². The number of carbonyl (C=O) groups excluding carboxylic acids is 1. The molecule has 0 saturated heterocycles. The first-order valence-corrected chi connectivity index (χ1v) is 12.4. The van der Waals surface area contributed by atoms with Crippen molar-refractivity contribution in [3.63, 3.8) is 0 Å². The molecule has 1 aliphatic rings. The summed E-state index contributed by atoms with van der Waals surface area (Å²) in [5.41, 5.74) is 2.51. The van der Waals surface area contributed by atoms with E-state index in [9.17, 15) is 13.2 Å². The van der Waals surface area contributed by atoms with E-state index < -0.39 is 9.84 Å². The number of sulfone groups is 1. The third-order valence-electron chi connectivity index (χ3n) is 5.49. The Hall–Kier alpha value is -2.64. The molecular formula is C23H23ClN2O4S. The Bertz CT molecular complexity index is 1220. The van der Waals surface area contributed by atoms with Crippen molar-refractivity contribution >= 4 is 50.5 Å². The molecule has 162 valence electrons. The zero-order chi connectivity index (χ0) is 22.0. The molecule has 3 aromatic rings. The minimum absolute atomic E-state index is 0.0691. The average molecular weight is 459 g/mol. The van der Waals surface area contributed by atoms with Gasteiger partial charge in [0.15, 0.2) is 15.4 Å². The van der Waals surface area contributed by atoms with Crippen LogP contribution < -0.4 is 5.32 Å². The second-order valence-corrected chi connectivity index (χ2v) is 10.3. The van der Waals surface area contributed by atoms with Crippen molar-refractivity contribution in [2.24, 2.45) is 5.92 Å². The van der Waals surface area contributed by atoms with Crippen LogP contribution in [0.4, 0.5) is 6.01 Å². The molecule has 1 heterocycles. The number of fused-ring (bicyclic) bond motifs is 1. The number of carbonyl (C=O) groups is 1. The molecule has 4 rings (SSSR count). The lowest BCUT2D eigenvalue weighted by atomic mass is 9.96. The summed E-state index contributed by atoms with van der Waals surface area (Å²) < 4.78 is 29.3. The quantitative estimate of drug-likeness (QED) is 0.493. The summed E-state index contributed by atoms with van der Waals surface area (Å²) in [6.45, 7) is 0. The van der Waals surface area contributed by atoms with Crippen LogP contribution in [0.2, 0.25) is 5.02 Å². The Morgan fingerprint density at radius 1 is 1.23 bits per heavy atom. The Kier molecular flexibility index (Phi) is 6.16. The van der Waals surface area contributed by atoms with Gasteiger partial charge in [0.05, 0.1) is 9.92 Å². The van der Waals surface area contributed by atoms with Crippen molar-refractivity contribution in [1.29, 1.82) is 0 Å². The summed E-state index contributed by atoms with van der Waals surface area (Å²) in [5, 5.41) is 2.90. The molecule has 1 fully saturated rings. The summed E-state index contributed by atoms with van der Waals surface area (Å²) >= 11 is 6.19. The maximum Gasteiger partial charge on any atom is 0.302 e. The predicted octanol–water partition coefficient (Wildman–Crippen LogP) is 5.49. The molecule has 1 N–H and O–H groups in total. The summed E-state index contributed by atoms with van der Waals surface area (Å²) in [6, 6.07) is 12.1. The highest BCUT2D eigenvalue weighted by Crippen LogP contribution is 2.32. The molecule has 31 heavy (non-hydrogen) atoms. The third kappa shape index (κ3) is 5.17. The van der Waals surface area contributed by atoms with E-state index in [4.69, 9.17) is 16.0 Å². The number of anilines is 1. The number of aromatic nitrogens is 1. The highest BCUT2D eigenvalue weighted by atomic mass is 35.5. The van der Waals surface area contributed by atoms with E-state index in [2.05, 4.69) is 10.3 Å². The number of benzene rings is 2. The zero-order valence-corrected chi connectivity index (χ0v) is 18.7. The lowest BCUT2D eigenvalue weighted by Gasteiger charge is -2.12. The highest BCUT2D eigenvalue weighted by molar-refractivity contribution is 7.90. The number of para-hydroxylation sites is 2. The first kappa shape index (κ1) is 21.6. The minimum Gasteiger partial charge on any atom is -0.423 e. The van der Waals surface area contributed by atoms with Crippen LogP contribution in [-0.4, -0.2) is 25.6 Å². The summed E-state index contributed by atoms with van der Waals surface area (Å²) in [7, 11) is -3.42. The molecule has 1 aliphatic carbocycles. The van der Waals surface area contributed by atoms with Crippen LogP contribution in [0.5, 0.6) is 0 Å². The maximum absolute atomic E-state index is 13.1. The lowest BCUT2D eigenvalue weighted by Crippen LogP contribution is -2.16. The SMILES string of the molecule is CS(=O)(=O)c1ccc(C=C(CC2CCCC2)C(=O)Nc2nc3ccccc3o2)cc1Cl. The van der Waals surface area contributed by atoms with Crippen molar-refractivity contribution in [2.45, 2.75) is 37.0 Å². The number of halogens is 1. The number of nitrogens with zero attached hydrogens (tertiary/aromatic N) is 1. The molecule has 1 saturated carbocycles. The monoisotopic (exact) mass is 458 g/mol. The van der Waals surface area contributed by atoms with Gasteiger partial charge in [-0.05, 0) is 48.2 Å². The van der Waals surface area contributed by atoms with Gasteiger partial charge in [-0.1, -0.05) is 55.5 Å². The molecule has 0 bridgehead atoms. The second kappa shape index (κ2) is 8.85. The van der Waals surface area contributed by atoms with E-state index in [0.29, 0.717) is 34.6 Å². The fraction of sp³-hybridized carbons (Fsp3) is 0.304. The normalized spacial score (nSPS) is 15.5. The molecule has 0 atom stereocenters. The van der Waals surface area contributed by atoms with Crippen molar-refractivity contribution in [2.75, 3.05) is 11.6 Å². The molecule has 6 nitrogen and oxygen atoms in total. The third-order valence-corrected chi connectivity index (χ3v) is 7.07. The van der Waals surface area contributed by atoms with Crippen molar-refractivity contribution in [1.82, 2.24) is 4.98 Å². The topological polar surface area (TPSA) is 89.3 Å². The van der Waals surface area contributed by atoms with Gasteiger partial charge in [-0.25, -0.2) is 8.42 Å². The number of hydrogen-bond donors (Lipinski definition) is 1. The Morgan fingerprint density at radius 3 is 2.65 bits per heavy atom.